The minimum atomic E-state index is -0.107. The van der Waals surface area contributed by atoms with Gasteiger partial charge in [0.1, 0.15) is 0 Å². The fourth-order valence-corrected chi connectivity index (χ4v) is 9.32. The van der Waals surface area contributed by atoms with Crippen molar-refractivity contribution in [2.24, 2.45) is 0 Å². The maximum Gasteiger partial charge on any atom is 0.0563 e. The van der Waals surface area contributed by atoms with E-state index < -0.39 is 0 Å². The van der Waals surface area contributed by atoms with Crippen LogP contribution in [0.2, 0.25) is 0 Å². The highest BCUT2D eigenvalue weighted by molar-refractivity contribution is 5.95. The molecule has 0 radical (unpaired) electrons. The smallest absolute Gasteiger partial charge is 0.0563 e. The largest absolute Gasteiger partial charge is 0.355 e. The van der Waals surface area contributed by atoms with E-state index in [0.29, 0.717) is 0 Å². The molecule has 8 aromatic rings. The Morgan fingerprint density at radius 3 is 1.89 bits per heavy atom. The molecule has 64 heavy (non-hydrogen) atoms. The molecule has 0 saturated carbocycles. The molecule has 2 nitrogen and oxygen atoms in total. The molecular formula is C62H54N2. The van der Waals surface area contributed by atoms with Crippen LogP contribution in [0, 0.1) is 6.92 Å². The third-order valence-electron chi connectivity index (χ3n) is 12.8. The van der Waals surface area contributed by atoms with Gasteiger partial charge in [0.15, 0.2) is 0 Å². The van der Waals surface area contributed by atoms with Gasteiger partial charge >= 0.3 is 0 Å². The summed E-state index contributed by atoms with van der Waals surface area (Å²) in [4.78, 5) is 2.50. The van der Waals surface area contributed by atoms with Crippen LogP contribution in [0.4, 0.5) is 22.7 Å². The number of allylic oxidation sites excluding steroid dienone is 6. The summed E-state index contributed by atoms with van der Waals surface area (Å²) in [6.07, 6.45) is 11.4. The Kier molecular flexibility index (Phi) is 11.9. The van der Waals surface area contributed by atoms with Crippen molar-refractivity contribution in [3.8, 4) is 22.3 Å². The van der Waals surface area contributed by atoms with Crippen LogP contribution < -0.4 is 10.2 Å². The molecule has 0 bridgehead atoms. The second-order valence-corrected chi connectivity index (χ2v) is 17.2. The number of para-hydroxylation sites is 1. The highest BCUT2D eigenvalue weighted by atomic mass is 15.2. The SMILES string of the molecule is C=C/C=C(\C=C)c1ccc(-c2ccc(N(c3ccccc3)C3C=CC4=C(C3)C(C)(C)c3cc(-c5ccc(Nc6cccc7ccccc67)cc5)ccc34)cc2)cc1.Cc1ccccc1. The minimum absolute atomic E-state index is 0.107. The van der Waals surface area contributed by atoms with E-state index in [2.05, 4.69) is 232 Å². The van der Waals surface area contributed by atoms with E-state index >= 15 is 0 Å². The van der Waals surface area contributed by atoms with Crippen LogP contribution in [0.15, 0.2) is 243 Å². The summed E-state index contributed by atoms with van der Waals surface area (Å²) in [6, 6.07) is 69.8. The molecule has 0 amide bonds. The molecule has 10 rings (SSSR count). The average Bonchev–Trinajstić information content (AvgIpc) is 3.57. The summed E-state index contributed by atoms with van der Waals surface area (Å²) in [6.45, 7) is 14.7. The van der Waals surface area contributed by atoms with Gasteiger partial charge in [-0.2, -0.15) is 0 Å². The number of nitrogens with zero attached hydrogens (tertiary/aromatic N) is 1. The Balaban J connectivity index is 0.000000677. The van der Waals surface area contributed by atoms with Crippen molar-refractivity contribution in [2.45, 2.75) is 38.6 Å². The monoisotopic (exact) mass is 826 g/mol. The molecule has 1 unspecified atom stereocenters. The Labute approximate surface area is 379 Å². The van der Waals surface area contributed by atoms with E-state index in [1.165, 1.54) is 72.2 Å². The zero-order valence-electron chi connectivity index (χ0n) is 37.0. The zero-order chi connectivity index (χ0) is 44.0. The lowest BCUT2D eigenvalue weighted by molar-refractivity contribution is 0.585. The van der Waals surface area contributed by atoms with Gasteiger partial charge in [0.05, 0.1) is 6.04 Å². The van der Waals surface area contributed by atoms with Crippen molar-refractivity contribution in [1.82, 2.24) is 0 Å². The highest BCUT2D eigenvalue weighted by Gasteiger charge is 2.40. The van der Waals surface area contributed by atoms with Gasteiger partial charge < -0.3 is 10.2 Å². The Morgan fingerprint density at radius 2 is 1.22 bits per heavy atom. The van der Waals surface area contributed by atoms with Gasteiger partial charge in [0, 0.05) is 33.6 Å². The molecule has 2 heteroatoms. The van der Waals surface area contributed by atoms with Crippen LogP contribution >= 0.6 is 0 Å². The second kappa shape index (κ2) is 18.3. The summed E-state index contributed by atoms with van der Waals surface area (Å²) in [5.41, 5.74) is 18.4. The first kappa shape index (κ1) is 41.7. The summed E-state index contributed by atoms with van der Waals surface area (Å²) in [5.74, 6) is 0. The van der Waals surface area contributed by atoms with E-state index in [-0.39, 0.29) is 11.5 Å². The predicted octanol–water partition coefficient (Wildman–Crippen LogP) is 16.9. The van der Waals surface area contributed by atoms with Crippen LogP contribution in [-0.2, 0) is 5.41 Å². The summed E-state index contributed by atoms with van der Waals surface area (Å²) >= 11 is 0. The van der Waals surface area contributed by atoms with Crippen molar-refractivity contribution in [2.75, 3.05) is 10.2 Å². The Hall–Kier alpha value is -7.68. The summed E-state index contributed by atoms with van der Waals surface area (Å²) in [7, 11) is 0. The van der Waals surface area contributed by atoms with Gasteiger partial charge in [0.2, 0.25) is 0 Å². The van der Waals surface area contributed by atoms with Crippen molar-refractivity contribution in [3.63, 3.8) is 0 Å². The van der Waals surface area contributed by atoms with Gasteiger partial charge in [-0.15, -0.1) is 0 Å². The zero-order valence-corrected chi connectivity index (χ0v) is 37.0. The molecule has 0 saturated heterocycles. The Bertz CT molecular complexity index is 3020. The third kappa shape index (κ3) is 8.56. The molecule has 0 aromatic heterocycles. The predicted molar refractivity (Wildman–Crippen MR) is 277 cm³/mol. The third-order valence-corrected chi connectivity index (χ3v) is 12.8. The van der Waals surface area contributed by atoms with Gasteiger partial charge in [-0.05, 0) is 123 Å². The molecule has 312 valence electrons. The number of anilines is 4. The molecule has 0 aliphatic heterocycles. The van der Waals surface area contributed by atoms with E-state index in [9.17, 15) is 0 Å². The lowest BCUT2D eigenvalue weighted by atomic mass is 9.77. The Morgan fingerprint density at radius 1 is 0.625 bits per heavy atom. The standard InChI is InChI=1S/C55H46N2.C7H8/c1-5-13-38(6-2)39-20-22-40(23-21-39)41-26-31-47(32-27-41)57(46-16-8-7-9-17-46)48-33-35-51-50-34-28-44(36-52(50)55(3,4)53(51)37-48)42-24-29-45(30-25-42)56-54-19-12-15-43-14-10-11-18-49(43)54;1-7-5-3-2-4-6-7/h5-36,48,56H,1-2,37H2,3-4H3;2-6H,1H3/b38-13+;. The second-order valence-electron chi connectivity index (χ2n) is 17.2. The summed E-state index contributed by atoms with van der Waals surface area (Å²) < 4.78 is 0. The molecule has 2 aliphatic carbocycles. The molecule has 1 atom stereocenters. The maximum atomic E-state index is 3.97. The summed E-state index contributed by atoms with van der Waals surface area (Å²) in [5, 5.41) is 6.10. The fraction of sp³-hybridized carbons (Fsp3) is 0.0968. The topological polar surface area (TPSA) is 15.3 Å². The molecule has 0 heterocycles. The molecule has 0 spiro atoms. The number of fused-ring (bicyclic) bond motifs is 3. The highest BCUT2D eigenvalue weighted by Crippen LogP contribution is 2.52. The first-order chi connectivity index (χ1) is 31.3. The molecular weight excluding hydrogens is 773 g/mol. The van der Waals surface area contributed by atoms with Crippen LogP contribution in [0.5, 0.6) is 0 Å². The minimum Gasteiger partial charge on any atom is -0.355 e. The number of benzene rings is 8. The number of rotatable bonds is 10. The van der Waals surface area contributed by atoms with Crippen LogP contribution in [0.1, 0.15) is 42.5 Å². The maximum absolute atomic E-state index is 3.97. The number of aryl methyl sites for hydroxylation is 1. The lowest BCUT2D eigenvalue weighted by Crippen LogP contribution is -2.33. The van der Waals surface area contributed by atoms with Crippen molar-refractivity contribution in [3.05, 3.63) is 265 Å². The first-order valence-corrected chi connectivity index (χ1v) is 22.2. The van der Waals surface area contributed by atoms with Crippen LogP contribution in [0.3, 0.4) is 0 Å². The van der Waals surface area contributed by atoms with E-state index in [4.69, 9.17) is 0 Å². The van der Waals surface area contributed by atoms with Gasteiger partial charge in [-0.25, -0.2) is 0 Å². The van der Waals surface area contributed by atoms with E-state index in [1.54, 1.807) is 6.08 Å². The first-order valence-electron chi connectivity index (χ1n) is 22.2. The van der Waals surface area contributed by atoms with Crippen LogP contribution in [-0.4, -0.2) is 6.04 Å². The normalized spacial score (nSPS) is 14.8. The number of hydrogen-bond acceptors (Lipinski definition) is 2. The fourth-order valence-electron chi connectivity index (χ4n) is 9.32. The molecule has 1 N–H and O–H groups in total. The van der Waals surface area contributed by atoms with Crippen molar-refractivity contribution < 1.29 is 0 Å². The lowest BCUT2D eigenvalue weighted by Gasteiger charge is -2.37. The number of nitrogens with one attached hydrogen (secondary N) is 1. The quantitative estimate of drug-likeness (QED) is 0.138. The molecule has 8 aromatic carbocycles. The van der Waals surface area contributed by atoms with E-state index in [1.807, 2.05) is 30.4 Å². The molecule has 2 aliphatic rings. The van der Waals surface area contributed by atoms with Crippen molar-refractivity contribution in [1.29, 1.82) is 0 Å². The van der Waals surface area contributed by atoms with Crippen molar-refractivity contribution >= 4 is 44.7 Å². The van der Waals surface area contributed by atoms with E-state index in [0.717, 1.165) is 28.9 Å². The molecule has 0 fully saturated rings. The average molecular weight is 827 g/mol. The van der Waals surface area contributed by atoms with Gasteiger partial charge in [-0.3, -0.25) is 0 Å². The van der Waals surface area contributed by atoms with Gasteiger partial charge in [-0.1, -0.05) is 209 Å². The number of hydrogen-bond donors (Lipinski definition) is 1. The van der Waals surface area contributed by atoms with Gasteiger partial charge in [0.25, 0.3) is 0 Å². The van der Waals surface area contributed by atoms with Crippen LogP contribution in [0.25, 0.3) is 44.2 Å².